The molecule has 1 saturated carbocycles. The van der Waals surface area contributed by atoms with Crippen LogP contribution in [-0.2, 0) is 14.4 Å². The van der Waals surface area contributed by atoms with Gasteiger partial charge in [-0.05, 0) is 29.7 Å². The Bertz CT molecular complexity index is 948. The molecule has 124 valence electrons. The van der Waals surface area contributed by atoms with E-state index in [1.165, 1.54) is 4.90 Å². The van der Waals surface area contributed by atoms with Crippen molar-refractivity contribution in [3.63, 3.8) is 0 Å². The fourth-order valence-corrected chi connectivity index (χ4v) is 5.01. The molecule has 0 aromatic heterocycles. The molecule has 0 spiro atoms. The number of hydrogen-bond donors (Lipinski definition) is 0. The van der Waals surface area contributed by atoms with E-state index in [0.717, 1.165) is 16.7 Å². The molecule has 25 heavy (non-hydrogen) atoms. The van der Waals surface area contributed by atoms with Crippen molar-refractivity contribution >= 4 is 23.3 Å². The van der Waals surface area contributed by atoms with Crippen LogP contribution in [0.3, 0.4) is 0 Å². The zero-order valence-corrected chi connectivity index (χ0v) is 13.8. The molecule has 0 radical (unpaired) electrons. The van der Waals surface area contributed by atoms with Crippen molar-refractivity contribution in [2.45, 2.75) is 25.2 Å². The number of aryl methyl sites for hydroxylation is 1. The third kappa shape index (κ3) is 1.74. The van der Waals surface area contributed by atoms with Crippen molar-refractivity contribution in [3.05, 3.63) is 65.2 Å². The number of rotatable bonds is 1. The van der Waals surface area contributed by atoms with Crippen molar-refractivity contribution in [2.75, 3.05) is 4.90 Å². The van der Waals surface area contributed by atoms with Crippen molar-refractivity contribution in [1.82, 2.24) is 0 Å². The highest BCUT2D eigenvalue weighted by Gasteiger charge is 2.62. The average molecular weight is 331 g/mol. The molecule has 1 aliphatic heterocycles. The van der Waals surface area contributed by atoms with Gasteiger partial charge in [0.15, 0.2) is 0 Å². The molecule has 3 aliphatic carbocycles. The number of carbonyl (C=O) groups excluding carboxylic acids is 3. The number of fused-ring (bicyclic) bond motifs is 1. The Hall–Kier alpha value is -2.75. The van der Waals surface area contributed by atoms with Crippen LogP contribution >= 0.6 is 0 Å². The molecule has 2 fully saturated rings. The second-order valence-electron chi connectivity index (χ2n) is 7.23. The first-order valence-electron chi connectivity index (χ1n) is 8.64. The number of para-hydroxylation sites is 1. The number of anilines is 1. The SMILES string of the molecule is Cc1ccccc1N1C(=O)[C@@H]2[C@@H](C1=O)[C@@H]1C(=O)C[C@@H]2c2ccccc21. The summed E-state index contributed by atoms with van der Waals surface area (Å²) in [5, 5.41) is 0. The van der Waals surface area contributed by atoms with Crippen LogP contribution in [0.1, 0.15) is 34.9 Å². The molecule has 0 unspecified atom stereocenters. The van der Waals surface area contributed by atoms with Crippen LogP contribution < -0.4 is 4.90 Å². The van der Waals surface area contributed by atoms with Gasteiger partial charge < -0.3 is 0 Å². The van der Waals surface area contributed by atoms with Crippen LogP contribution in [0, 0.1) is 18.8 Å². The van der Waals surface area contributed by atoms with Gasteiger partial charge in [0.1, 0.15) is 5.78 Å². The largest absolute Gasteiger partial charge is 0.299 e. The first kappa shape index (κ1) is 14.6. The number of carbonyl (C=O) groups is 3. The Labute approximate surface area is 145 Å². The molecule has 2 bridgehead atoms. The van der Waals surface area contributed by atoms with E-state index >= 15 is 0 Å². The second kappa shape index (κ2) is 4.88. The number of ketones is 1. The summed E-state index contributed by atoms with van der Waals surface area (Å²) in [6, 6.07) is 15.2. The van der Waals surface area contributed by atoms with Gasteiger partial charge in [0, 0.05) is 12.3 Å². The van der Waals surface area contributed by atoms with Gasteiger partial charge in [0.05, 0.1) is 23.4 Å². The van der Waals surface area contributed by atoms with E-state index in [0.29, 0.717) is 12.1 Å². The zero-order valence-electron chi connectivity index (χ0n) is 13.8. The maximum Gasteiger partial charge on any atom is 0.238 e. The Balaban J connectivity index is 1.68. The Kier molecular flexibility index (Phi) is 2.85. The molecule has 2 aromatic carbocycles. The predicted octanol–water partition coefficient (Wildman–Crippen LogP) is 2.95. The Morgan fingerprint density at radius 3 is 2.24 bits per heavy atom. The van der Waals surface area contributed by atoms with E-state index < -0.39 is 17.8 Å². The summed E-state index contributed by atoms with van der Waals surface area (Å²) in [6.07, 6.45) is 0.365. The van der Waals surface area contributed by atoms with Gasteiger partial charge in [-0.25, -0.2) is 4.90 Å². The van der Waals surface area contributed by atoms with E-state index in [2.05, 4.69) is 0 Å². The molecule has 4 atom stereocenters. The molecule has 4 heteroatoms. The van der Waals surface area contributed by atoms with Gasteiger partial charge in [0.25, 0.3) is 0 Å². The van der Waals surface area contributed by atoms with Gasteiger partial charge in [-0.3, -0.25) is 14.4 Å². The quantitative estimate of drug-likeness (QED) is 0.755. The number of hydrogen-bond acceptors (Lipinski definition) is 3. The average Bonchev–Trinajstić information content (AvgIpc) is 2.88. The molecule has 4 aliphatic rings. The van der Waals surface area contributed by atoms with Crippen molar-refractivity contribution in [2.24, 2.45) is 11.8 Å². The second-order valence-corrected chi connectivity index (χ2v) is 7.23. The lowest BCUT2D eigenvalue weighted by atomic mass is 9.56. The van der Waals surface area contributed by atoms with Gasteiger partial charge in [0.2, 0.25) is 11.8 Å². The highest BCUT2D eigenvalue weighted by atomic mass is 16.2. The summed E-state index contributed by atoms with van der Waals surface area (Å²) >= 11 is 0. The highest BCUT2D eigenvalue weighted by molar-refractivity contribution is 6.25. The number of nitrogens with zero attached hydrogens (tertiary/aromatic N) is 1. The minimum atomic E-state index is -0.548. The fourth-order valence-electron chi connectivity index (χ4n) is 5.01. The lowest BCUT2D eigenvalue weighted by molar-refractivity contribution is -0.134. The molecule has 6 rings (SSSR count). The summed E-state index contributed by atoms with van der Waals surface area (Å²) in [7, 11) is 0. The zero-order chi connectivity index (χ0) is 17.3. The standard InChI is InChI=1S/C21H17NO3/c1-11-6-2-5-9-15(11)22-20(24)18-14-10-16(23)17(19(18)21(22)25)13-8-4-3-7-12(13)14/h2-9,14,17-19H,10H2,1H3/t14-,17+,18+,19+/m1/s1. The van der Waals surface area contributed by atoms with Crippen molar-refractivity contribution < 1.29 is 14.4 Å². The number of Topliss-reactive ketones (excluding diaryl/α,β-unsaturated/α-hetero) is 1. The Morgan fingerprint density at radius 2 is 1.48 bits per heavy atom. The first-order chi connectivity index (χ1) is 12.1. The maximum absolute atomic E-state index is 13.2. The van der Waals surface area contributed by atoms with Crippen LogP contribution in [0.5, 0.6) is 0 Å². The predicted molar refractivity (Wildman–Crippen MR) is 92.2 cm³/mol. The summed E-state index contributed by atoms with van der Waals surface area (Å²) < 4.78 is 0. The third-order valence-corrected chi connectivity index (χ3v) is 6.05. The lowest BCUT2D eigenvalue weighted by Gasteiger charge is -2.43. The lowest BCUT2D eigenvalue weighted by Crippen LogP contribution is -2.44. The van der Waals surface area contributed by atoms with Gasteiger partial charge in [-0.15, -0.1) is 0 Å². The van der Waals surface area contributed by atoms with Gasteiger partial charge in [-0.1, -0.05) is 42.5 Å². The normalized spacial score (nSPS) is 29.8. The summed E-state index contributed by atoms with van der Waals surface area (Å²) in [5.41, 5.74) is 3.54. The minimum Gasteiger partial charge on any atom is -0.299 e. The number of imide groups is 1. The third-order valence-electron chi connectivity index (χ3n) is 6.05. The minimum absolute atomic E-state index is 0.0951. The topological polar surface area (TPSA) is 54.5 Å². The molecule has 2 amide bonds. The van der Waals surface area contributed by atoms with Gasteiger partial charge >= 0.3 is 0 Å². The fraction of sp³-hybridized carbons (Fsp3) is 0.286. The van der Waals surface area contributed by atoms with Crippen LogP contribution in [0.4, 0.5) is 5.69 Å². The maximum atomic E-state index is 13.2. The van der Waals surface area contributed by atoms with Crippen LogP contribution in [0.25, 0.3) is 0 Å². The highest BCUT2D eigenvalue weighted by Crippen LogP contribution is 2.57. The van der Waals surface area contributed by atoms with E-state index in [1.807, 2.05) is 49.4 Å². The summed E-state index contributed by atoms with van der Waals surface area (Å²) in [5.74, 6) is -1.89. The monoisotopic (exact) mass is 331 g/mol. The van der Waals surface area contributed by atoms with Crippen molar-refractivity contribution in [3.8, 4) is 0 Å². The van der Waals surface area contributed by atoms with Crippen LogP contribution in [-0.4, -0.2) is 17.6 Å². The molecule has 1 saturated heterocycles. The molecular formula is C21H17NO3. The number of amides is 2. The van der Waals surface area contributed by atoms with Gasteiger partial charge in [-0.2, -0.15) is 0 Å². The van der Waals surface area contributed by atoms with Crippen LogP contribution in [0.15, 0.2) is 48.5 Å². The van der Waals surface area contributed by atoms with E-state index in [1.54, 1.807) is 6.07 Å². The molecule has 4 nitrogen and oxygen atoms in total. The van der Waals surface area contributed by atoms with E-state index in [9.17, 15) is 14.4 Å². The number of benzene rings is 2. The van der Waals surface area contributed by atoms with E-state index in [4.69, 9.17) is 0 Å². The summed E-state index contributed by atoms with van der Waals surface area (Å²) in [4.78, 5) is 40.4. The summed E-state index contributed by atoms with van der Waals surface area (Å²) in [6.45, 7) is 1.90. The molecule has 2 aromatic rings. The first-order valence-corrected chi connectivity index (χ1v) is 8.64. The Morgan fingerprint density at radius 1 is 0.840 bits per heavy atom. The van der Waals surface area contributed by atoms with Crippen molar-refractivity contribution in [1.29, 1.82) is 0 Å². The molecule has 0 N–H and O–H groups in total. The smallest absolute Gasteiger partial charge is 0.238 e. The van der Waals surface area contributed by atoms with Crippen LogP contribution in [0.2, 0.25) is 0 Å². The molecule has 1 heterocycles. The molecular weight excluding hydrogens is 314 g/mol. The van der Waals surface area contributed by atoms with E-state index in [-0.39, 0.29) is 23.5 Å².